The summed E-state index contributed by atoms with van der Waals surface area (Å²) in [6.45, 7) is 5.69. The van der Waals surface area contributed by atoms with E-state index < -0.39 is 0 Å². The van der Waals surface area contributed by atoms with Crippen LogP contribution in [-0.2, 0) is 11.2 Å². The normalized spacial score (nSPS) is 14.5. The second kappa shape index (κ2) is 5.31. The lowest BCUT2D eigenvalue weighted by atomic mass is 10.2. The lowest BCUT2D eigenvalue weighted by Crippen LogP contribution is -2.04. The Morgan fingerprint density at radius 1 is 1.61 bits per heavy atom. The molecule has 0 spiro atoms. The summed E-state index contributed by atoms with van der Waals surface area (Å²) in [5.41, 5.74) is 2.65. The summed E-state index contributed by atoms with van der Waals surface area (Å²) in [5, 5.41) is 5.90. The van der Waals surface area contributed by atoms with Gasteiger partial charge in [0, 0.05) is 11.3 Å². The summed E-state index contributed by atoms with van der Waals surface area (Å²) in [6.07, 6.45) is 9.60. The fourth-order valence-corrected chi connectivity index (χ4v) is 1.70. The van der Waals surface area contributed by atoms with Gasteiger partial charge in [-0.25, -0.2) is 4.98 Å². The van der Waals surface area contributed by atoms with Gasteiger partial charge in [-0.1, -0.05) is 18.7 Å². The molecule has 0 atom stereocenters. The number of carbonyl (C=O) groups is 1. The van der Waals surface area contributed by atoms with Gasteiger partial charge in [0.1, 0.15) is 5.82 Å². The van der Waals surface area contributed by atoms with Crippen molar-refractivity contribution < 1.29 is 4.79 Å². The minimum Gasteiger partial charge on any atom is -0.354 e. The molecular weight excluding hydrogens is 226 g/mol. The third-order valence-electron chi connectivity index (χ3n) is 2.55. The third kappa shape index (κ3) is 2.66. The molecule has 0 saturated heterocycles. The van der Waals surface area contributed by atoms with Gasteiger partial charge in [0.25, 0.3) is 0 Å². The molecule has 0 saturated carbocycles. The fraction of sp³-hybridized carbons (Fsp3) is 0.143. The number of fused-ring (bicyclic) bond motifs is 1. The average molecular weight is 241 g/mol. The summed E-state index contributed by atoms with van der Waals surface area (Å²) in [6, 6.07) is 1.92. The van der Waals surface area contributed by atoms with Crippen molar-refractivity contribution in [2.75, 3.05) is 10.6 Å². The van der Waals surface area contributed by atoms with Crippen molar-refractivity contribution in [1.29, 1.82) is 0 Å². The van der Waals surface area contributed by atoms with E-state index in [0.717, 1.165) is 16.9 Å². The molecule has 1 aromatic rings. The van der Waals surface area contributed by atoms with Crippen LogP contribution >= 0.6 is 0 Å². The topological polar surface area (TPSA) is 54.0 Å². The zero-order chi connectivity index (χ0) is 13.0. The van der Waals surface area contributed by atoms with Gasteiger partial charge in [0.2, 0.25) is 5.91 Å². The first-order valence-electron chi connectivity index (χ1n) is 5.74. The molecule has 0 radical (unpaired) electrons. The van der Waals surface area contributed by atoms with E-state index in [1.165, 1.54) is 0 Å². The monoisotopic (exact) mass is 241 g/mol. The smallest absolute Gasteiger partial charge is 0.230 e. The van der Waals surface area contributed by atoms with Crippen LogP contribution in [0.15, 0.2) is 48.8 Å². The molecule has 0 aliphatic carbocycles. The minimum absolute atomic E-state index is 0.0111. The van der Waals surface area contributed by atoms with Crippen molar-refractivity contribution >= 4 is 17.4 Å². The summed E-state index contributed by atoms with van der Waals surface area (Å²) in [7, 11) is 0. The first-order chi connectivity index (χ1) is 8.72. The molecule has 2 N–H and O–H groups in total. The van der Waals surface area contributed by atoms with Crippen molar-refractivity contribution in [1.82, 2.24) is 4.98 Å². The van der Waals surface area contributed by atoms with Crippen LogP contribution < -0.4 is 10.6 Å². The lowest BCUT2D eigenvalue weighted by molar-refractivity contribution is -0.115. The van der Waals surface area contributed by atoms with Crippen molar-refractivity contribution in [2.45, 2.75) is 13.3 Å². The molecule has 4 nitrogen and oxygen atoms in total. The third-order valence-corrected chi connectivity index (χ3v) is 2.55. The zero-order valence-electron chi connectivity index (χ0n) is 10.2. The molecule has 1 aliphatic heterocycles. The van der Waals surface area contributed by atoms with E-state index in [-0.39, 0.29) is 5.91 Å². The number of carbonyl (C=O) groups excluding carboxylic acids is 1. The fourth-order valence-electron chi connectivity index (χ4n) is 1.70. The lowest BCUT2D eigenvalue weighted by Gasteiger charge is -2.07. The highest BCUT2D eigenvalue weighted by Crippen LogP contribution is 2.23. The molecule has 18 heavy (non-hydrogen) atoms. The van der Waals surface area contributed by atoms with E-state index in [2.05, 4.69) is 22.2 Å². The van der Waals surface area contributed by atoms with Crippen LogP contribution in [0.25, 0.3) is 0 Å². The van der Waals surface area contributed by atoms with Gasteiger partial charge in [-0.3, -0.25) is 4.79 Å². The number of allylic oxidation sites excluding steroid dienone is 4. The first kappa shape index (κ1) is 12.1. The Balaban J connectivity index is 2.18. The molecule has 4 heteroatoms. The van der Waals surface area contributed by atoms with Gasteiger partial charge in [-0.15, -0.1) is 0 Å². The van der Waals surface area contributed by atoms with E-state index in [9.17, 15) is 4.79 Å². The van der Waals surface area contributed by atoms with Crippen molar-refractivity contribution in [2.24, 2.45) is 0 Å². The van der Waals surface area contributed by atoms with E-state index in [4.69, 9.17) is 0 Å². The summed E-state index contributed by atoms with van der Waals surface area (Å²) in [5.74, 6) is 0.645. The first-order valence-corrected chi connectivity index (χ1v) is 5.74. The summed E-state index contributed by atoms with van der Waals surface area (Å²) < 4.78 is 0. The van der Waals surface area contributed by atoms with Crippen molar-refractivity contribution in [3.63, 3.8) is 0 Å². The number of hydrogen-bond donors (Lipinski definition) is 2. The predicted molar refractivity (Wildman–Crippen MR) is 73.3 cm³/mol. The number of amides is 1. The number of rotatable bonds is 4. The van der Waals surface area contributed by atoms with E-state index in [1.54, 1.807) is 12.3 Å². The highest BCUT2D eigenvalue weighted by molar-refractivity contribution is 5.98. The summed E-state index contributed by atoms with van der Waals surface area (Å²) in [4.78, 5) is 15.4. The molecule has 1 aromatic heterocycles. The largest absolute Gasteiger partial charge is 0.354 e. The molecule has 0 bridgehead atoms. The minimum atomic E-state index is -0.0111. The Morgan fingerprint density at radius 3 is 3.17 bits per heavy atom. The Hall–Kier alpha value is -2.36. The van der Waals surface area contributed by atoms with Crippen LogP contribution in [0.1, 0.15) is 12.5 Å². The quantitative estimate of drug-likeness (QED) is 0.797. The molecule has 1 amide bonds. The highest BCUT2D eigenvalue weighted by Gasteiger charge is 2.18. The molecule has 0 unspecified atom stereocenters. The second-order valence-electron chi connectivity index (χ2n) is 3.93. The van der Waals surface area contributed by atoms with Gasteiger partial charge in [-0.2, -0.15) is 0 Å². The molecule has 1 aliphatic rings. The van der Waals surface area contributed by atoms with Gasteiger partial charge in [-0.05, 0) is 25.1 Å². The number of pyridine rings is 1. The predicted octanol–water partition coefficient (Wildman–Crippen LogP) is 2.63. The number of nitrogens with zero attached hydrogens (tertiary/aromatic N) is 1. The van der Waals surface area contributed by atoms with E-state index in [0.29, 0.717) is 12.2 Å². The summed E-state index contributed by atoms with van der Waals surface area (Å²) >= 11 is 0. The maximum Gasteiger partial charge on any atom is 0.230 e. The van der Waals surface area contributed by atoms with Crippen LogP contribution in [0, 0.1) is 0 Å². The molecule has 0 fully saturated rings. The van der Waals surface area contributed by atoms with Crippen LogP contribution in [0.3, 0.4) is 0 Å². The molecule has 2 heterocycles. The maximum absolute atomic E-state index is 11.2. The van der Waals surface area contributed by atoms with Crippen molar-refractivity contribution in [3.05, 3.63) is 54.4 Å². The number of anilines is 2. The van der Waals surface area contributed by atoms with Crippen LogP contribution in [0.4, 0.5) is 11.5 Å². The van der Waals surface area contributed by atoms with Crippen LogP contribution in [0.5, 0.6) is 0 Å². The molecular formula is C14H15N3O. The highest BCUT2D eigenvalue weighted by atomic mass is 16.1. The average Bonchev–Trinajstić information content (AvgIpc) is 2.73. The number of aromatic nitrogens is 1. The Morgan fingerprint density at radius 2 is 2.44 bits per heavy atom. The number of nitrogens with one attached hydrogen (secondary N) is 2. The van der Waals surface area contributed by atoms with Crippen LogP contribution in [0.2, 0.25) is 0 Å². The van der Waals surface area contributed by atoms with Gasteiger partial charge < -0.3 is 10.6 Å². The SMILES string of the molecule is C=C/C(=C\C=C/C)Nc1cnc2c(c1)CC(=O)N2. The number of hydrogen-bond acceptors (Lipinski definition) is 3. The Kier molecular flexibility index (Phi) is 3.57. The van der Waals surface area contributed by atoms with Gasteiger partial charge in [0.15, 0.2) is 0 Å². The standard InChI is InChI=1S/C14H15N3O/c1-3-5-6-11(4-2)16-12-7-10-8-13(18)17-14(10)15-9-12/h3-7,9,16H,2,8H2,1H3,(H,15,17,18)/b5-3-,11-6+. The molecule has 0 aromatic carbocycles. The molecule has 92 valence electrons. The maximum atomic E-state index is 11.2. The molecule has 2 rings (SSSR count). The zero-order valence-corrected chi connectivity index (χ0v) is 10.2. The van der Waals surface area contributed by atoms with Crippen LogP contribution in [-0.4, -0.2) is 10.9 Å². The second-order valence-corrected chi connectivity index (χ2v) is 3.93. The van der Waals surface area contributed by atoms with Gasteiger partial charge >= 0.3 is 0 Å². The Labute approximate surface area is 106 Å². The van der Waals surface area contributed by atoms with E-state index in [1.807, 2.05) is 31.2 Å². The Bertz CT molecular complexity index is 544. The van der Waals surface area contributed by atoms with Gasteiger partial charge in [0.05, 0.1) is 18.3 Å². The van der Waals surface area contributed by atoms with Crippen molar-refractivity contribution in [3.8, 4) is 0 Å². The van der Waals surface area contributed by atoms with E-state index >= 15 is 0 Å².